The third-order valence-corrected chi connectivity index (χ3v) is 6.91. The summed E-state index contributed by atoms with van der Waals surface area (Å²) in [6.07, 6.45) is 2.54. The highest BCUT2D eigenvalue weighted by atomic mass is 127. The van der Waals surface area contributed by atoms with Gasteiger partial charge in [0.15, 0.2) is 5.96 Å². The van der Waals surface area contributed by atoms with Crippen molar-refractivity contribution in [2.75, 3.05) is 53.4 Å². The van der Waals surface area contributed by atoms with E-state index in [-0.39, 0.29) is 24.0 Å². The van der Waals surface area contributed by atoms with Gasteiger partial charge in [-0.3, -0.25) is 9.89 Å². The van der Waals surface area contributed by atoms with Gasteiger partial charge in [0, 0.05) is 62.0 Å². The van der Waals surface area contributed by atoms with E-state index in [1.54, 1.807) is 0 Å². The van der Waals surface area contributed by atoms with Gasteiger partial charge in [-0.25, -0.2) is 0 Å². The molecule has 1 saturated heterocycles. The highest BCUT2D eigenvalue weighted by Gasteiger charge is 2.43. The van der Waals surface area contributed by atoms with Gasteiger partial charge in [0.25, 0.3) is 0 Å². The molecule has 2 N–H and O–H groups in total. The van der Waals surface area contributed by atoms with Crippen LogP contribution in [0.4, 0.5) is 0 Å². The van der Waals surface area contributed by atoms with Crippen LogP contribution in [-0.2, 0) is 0 Å². The molecule has 5 nitrogen and oxygen atoms in total. The molecule has 2 fully saturated rings. The number of benzene rings is 1. The molecule has 1 unspecified atom stereocenters. The van der Waals surface area contributed by atoms with Crippen molar-refractivity contribution < 1.29 is 0 Å². The second-order valence-electron chi connectivity index (χ2n) is 7.59. The quantitative estimate of drug-likeness (QED) is 0.341. The first kappa shape index (κ1) is 22.8. The standard InChI is InChI=1S/C20H33N5S.HI/c1-17(25-13-11-24(3)12-14-25)15-22-19(21-2)23-16-20(9-10-20)26-18-7-5-4-6-8-18;/h4-8,17H,9-16H2,1-3H3,(H2,21,22,23);1H. The molecule has 152 valence electrons. The second-order valence-corrected chi connectivity index (χ2v) is 9.13. The third kappa shape index (κ3) is 7.11. The largest absolute Gasteiger partial charge is 0.355 e. The molecule has 0 spiro atoms. The Morgan fingerprint density at radius 2 is 1.81 bits per heavy atom. The van der Waals surface area contributed by atoms with Gasteiger partial charge >= 0.3 is 0 Å². The van der Waals surface area contributed by atoms with Crippen LogP contribution in [0.15, 0.2) is 40.2 Å². The molecule has 1 aromatic carbocycles. The lowest BCUT2D eigenvalue weighted by Gasteiger charge is -2.36. The molecule has 1 heterocycles. The lowest BCUT2D eigenvalue weighted by Crippen LogP contribution is -2.52. The predicted octanol–water partition coefficient (Wildman–Crippen LogP) is 2.73. The average Bonchev–Trinajstić information content (AvgIpc) is 3.42. The number of likely N-dealkylation sites (N-methyl/N-ethyl adjacent to an activating group) is 1. The van der Waals surface area contributed by atoms with Crippen LogP contribution < -0.4 is 10.6 Å². The van der Waals surface area contributed by atoms with Crippen LogP contribution in [0.2, 0.25) is 0 Å². The fraction of sp³-hybridized carbons (Fsp3) is 0.650. The van der Waals surface area contributed by atoms with E-state index in [1.165, 1.54) is 17.7 Å². The van der Waals surface area contributed by atoms with Gasteiger partial charge in [-0.15, -0.1) is 35.7 Å². The molecule has 0 radical (unpaired) electrons. The Kier molecular flexibility index (Phi) is 9.18. The maximum absolute atomic E-state index is 4.41. The topological polar surface area (TPSA) is 42.9 Å². The number of hydrogen-bond donors (Lipinski definition) is 2. The molecular weight excluding hydrogens is 469 g/mol. The Balaban J connectivity index is 0.00000261. The van der Waals surface area contributed by atoms with Crippen LogP contribution in [0.25, 0.3) is 0 Å². The number of halogens is 1. The summed E-state index contributed by atoms with van der Waals surface area (Å²) in [5, 5.41) is 7.07. The van der Waals surface area contributed by atoms with Crippen molar-refractivity contribution in [2.45, 2.75) is 35.4 Å². The normalized spacial score (nSPS) is 21.2. The summed E-state index contributed by atoms with van der Waals surface area (Å²) in [5.74, 6) is 0.922. The third-order valence-electron chi connectivity index (χ3n) is 5.41. The Bertz CT molecular complexity index is 585. The number of rotatable bonds is 7. The summed E-state index contributed by atoms with van der Waals surface area (Å²) in [6.45, 7) is 8.84. The van der Waals surface area contributed by atoms with E-state index in [0.717, 1.165) is 45.2 Å². The van der Waals surface area contributed by atoms with Gasteiger partial charge in [0.1, 0.15) is 0 Å². The molecule has 1 saturated carbocycles. The van der Waals surface area contributed by atoms with Gasteiger partial charge < -0.3 is 15.5 Å². The van der Waals surface area contributed by atoms with E-state index in [4.69, 9.17) is 0 Å². The minimum Gasteiger partial charge on any atom is -0.355 e. The van der Waals surface area contributed by atoms with Crippen molar-refractivity contribution in [1.82, 2.24) is 20.4 Å². The Morgan fingerprint density at radius 1 is 1.15 bits per heavy atom. The van der Waals surface area contributed by atoms with Crippen molar-refractivity contribution in [3.05, 3.63) is 30.3 Å². The Hall–Kier alpha value is -0.510. The van der Waals surface area contributed by atoms with Crippen LogP contribution in [-0.4, -0.2) is 79.9 Å². The summed E-state index contributed by atoms with van der Waals surface area (Å²) >= 11 is 2.00. The van der Waals surface area contributed by atoms with Crippen LogP contribution in [0, 0.1) is 0 Å². The van der Waals surface area contributed by atoms with E-state index < -0.39 is 0 Å². The zero-order valence-corrected chi connectivity index (χ0v) is 19.9. The first-order valence-electron chi connectivity index (χ1n) is 9.71. The average molecular weight is 503 g/mol. The fourth-order valence-electron chi connectivity index (χ4n) is 3.29. The zero-order chi connectivity index (χ0) is 18.4. The van der Waals surface area contributed by atoms with E-state index in [2.05, 4.69) is 69.7 Å². The first-order chi connectivity index (χ1) is 12.6. The molecule has 3 rings (SSSR count). The van der Waals surface area contributed by atoms with E-state index >= 15 is 0 Å². The highest BCUT2D eigenvalue weighted by molar-refractivity contribution is 14.0. The molecule has 0 bridgehead atoms. The molecule has 0 aromatic heterocycles. The van der Waals surface area contributed by atoms with Gasteiger partial charge in [-0.05, 0) is 38.9 Å². The first-order valence-corrected chi connectivity index (χ1v) is 10.5. The van der Waals surface area contributed by atoms with Crippen LogP contribution >= 0.6 is 35.7 Å². The summed E-state index contributed by atoms with van der Waals surface area (Å²) in [4.78, 5) is 10.7. The van der Waals surface area contributed by atoms with Crippen molar-refractivity contribution in [2.24, 2.45) is 4.99 Å². The Morgan fingerprint density at radius 3 is 2.41 bits per heavy atom. The predicted molar refractivity (Wildman–Crippen MR) is 128 cm³/mol. The van der Waals surface area contributed by atoms with Crippen LogP contribution in [0.3, 0.4) is 0 Å². The summed E-state index contributed by atoms with van der Waals surface area (Å²) in [6, 6.07) is 11.2. The molecule has 1 aliphatic heterocycles. The number of nitrogens with zero attached hydrogens (tertiary/aromatic N) is 3. The number of aliphatic imine (C=N–C) groups is 1. The SMILES string of the molecule is CN=C(NCC(C)N1CCN(C)CC1)NCC1(Sc2ccccc2)CC1.I. The lowest BCUT2D eigenvalue weighted by atomic mass is 10.2. The molecule has 7 heteroatoms. The Labute approximate surface area is 185 Å². The number of thioether (sulfide) groups is 1. The van der Waals surface area contributed by atoms with Gasteiger partial charge in [-0.2, -0.15) is 0 Å². The van der Waals surface area contributed by atoms with Crippen LogP contribution in [0.1, 0.15) is 19.8 Å². The van der Waals surface area contributed by atoms with Gasteiger partial charge in [-0.1, -0.05) is 18.2 Å². The highest BCUT2D eigenvalue weighted by Crippen LogP contribution is 2.51. The van der Waals surface area contributed by atoms with E-state index in [0.29, 0.717) is 10.8 Å². The van der Waals surface area contributed by atoms with Crippen LogP contribution in [0.5, 0.6) is 0 Å². The lowest BCUT2D eigenvalue weighted by molar-refractivity contribution is 0.120. The maximum atomic E-state index is 4.41. The summed E-state index contributed by atoms with van der Waals surface area (Å²) in [5.41, 5.74) is 0. The van der Waals surface area contributed by atoms with Crippen molar-refractivity contribution >= 4 is 41.7 Å². The number of piperazine rings is 1. The fourth-order valence-corrected chi connectivity index (χ4v) is 4.54. The smallest absolute Gasteiger partial charge is 0.191 e. The summed E-state index contributed by atoms with van der Waals surface area (Å²) in [7, 11) is 4.06. The van der Waals surface area contributed by atoms with E-state index in [1.807, 2.05) is 18.8 Å². The van der Waals surface area contributed by atoms with Gasteiger partial charge in [0.2, 0.25) is 0 Å². The van der Waals surface area contributed by atoms with Crippen molar-refractivity contribution in [3.8, 4) is 0 Å². The molecule has 27 heavy (non-hydrogen) atoms. The summed E-state index contributed by atoms with van der Waals surface area (Å²) < 4.78 is 0.335. The molecular formula is C20H34IN5S. The zero-order valence-electron chi connectivity index (χ0n) is 16.8. The van der Waals surface area contributed by atoms with Gasteiger partial charge in [0.05, 0.1) is 0 Å². The van der Waals surface area contributed by atoms with Crippen molar-refractivity contribution in [1.29, 1.82) is 0 Å². The van der Waals surface area contributed by atoms with E-state index in [9.17, 15) is 0 Å². The second kappa shape index (κ2) is 10.9. The minimum atomic E-state index is 0. The minimum absolute atomic E-state index is 0. The molecule has 0 amide bonds. The number of guanidine groups is 1. The van der Waals surface area contributed by atoms with Crippen molar-refractivity contribution in [3.63, 3.8) is 0 Å². The number of hydrogen-bond acceptors (Lipinski definition) is 4. The molecule has 1 aliphatic carbocycles. The molecule has 1 aromatic rings. The molecule has 1 atom stereocenters. The monoisotopic (exact) mass is 503 g/mol. The maximum Gasteiger partial charge on any atom is 0.191 e. The number of nitrogens with one attached hydrogen (secondary N) is 2. The molecule has 2 aliphatic rings.